The largest absolute Gasteiger partial charge is 0.198 e. The van der Waals surface area contributed by atoms with Gasteiger partial charge < -0.3 is 0 Å². The lowest BCUT2D eigenvalue weighted by Gasteiger charge is -2.25. The Kier molecular flexibility index (Phi) is 9.12. The molecule has 0 saturated carbocycles. The van der Waals surface area contributed by atoms with Crippen LogP contribution in [0.4, 0.5) is 0 Å². The molecule has 0 radical (unpaired) electrons. The van der Waals surface area contributed by atoms with Crippen LogP contribution < -0.4 is 0 Å². The molecule has 0 atom stereocenters. The molecule has 88 valence electrons. The Morgan fingerprint density at radius 2 is 1.47 bits per heavy atom. The summed E-state index contributed by atoms with van der Waals surface area (Å²) in [5.41, 5.74) is 1.75. The number of hydrogen-bond donors (Lipinski definition) is 0. The molecule has 0 saturated heterocycles. The quantitative estimate of drug-likeness (QED) is 0.433. The standard InChI is InChI=1S/C13H26NP/c1-12(2)15(13(3)4)11-9-7-5-6-8-10-14/h12-13H,5-9,11H2,1-4H3. The molecule has 2 heteroatoms. The number of nitriles is 1. The summed E-state index contributed by atoms with van der Waals surface area (Å²) in [6, 6.07) is 2.21. The molecule has 0 aromatic heterocycles. The van der Waals surface area contributed by atoms with Crippen LogP contribution in [0.5, 0.6) is 0 Å². The molecule has 0 aliphatic heterocycles. The summed E-state index contributed by atoms with van der Waals surface area (Å²) in [6.45, 7) is 9.45. The van der Waals surface area contributed by atoms with E-state index in [-0.39, 0.29) is 7.92 Å². The van der Waals surface area contributed by atoms with Crippen LogP contribution in [0.1, 0.15) is 59.8 Å². The summed E-state index contributed by atoms with van der Waals surface area (Å²) in [5.74, 6) is 0. The fraction of sp³-hybridized carbons (Fsp3) is 0.923. The molecule has 0 spiro atoms. The minimum absolute atomic E-state index is 0.232. The highest BCUT2D eigenvalue weighted by atomic mass is 31.1. The first-order valence-electron chi connectivity index (χ1n) is 6.22. The van der Waals surface area contributed by atoms with Gasteiger partial charge in [0.05, 0.1) is 6.07 Å². The van der Waals surface area contributed by atoms with E-state index < -0.39 is 0 Å². The first-order valence-corrected chi connectivity index (χ1v) is 7.88. The Morgan fingerprint density at radius 1 is 0.933 bits per heavy atom. The van der Waals surface area contributed by atoms with E-state index in [1.54, 1.807) is 0 Å². The minimum Gasteiger partial charge on any atom is -0.198 e. The third-order valence-electron chi connectivity index (χ3n) is 2.78. The predicted octanol–water partition coefficient (Wildman–Crippen LogP) is 4.76. The molecule has 0 aromatic carbocycles. The zero-order chi connectivity index (χ0) is 11.7. The maximum absolute atomic E-state index is 8.41. The Balaban J connectivity index is 3.51. The Morgan fingerprint density at radius 3 is 1.93 bits per heavy atom. The van der Waals surface area contributed by atoms with Crippen molar-refractivity contribution in [1.82, 2.24) is 0 Å². The van der Waals surface area contributed by atoms with Crippen LogP contribution in [-0.4, -0.2) is 17.5 Å². The molecule has 0 heterocycles. The van der Waals surface area contributed by atoms with Crippen molar-refractivity contribution in [3.63, 3.8) is 0 Å². The molecule has 0 fully saturated rings. The van der Waals surface area contributed by atoms with Crippen LogP contribution in [0.3, 0.4) is 0 Å². The van der Waals surface area contributed by atoms with Crippen LogP contribution in [0.2, 0.25) is 0 Å². The number of rotatable bonds is 8. The van der Waals surface area contributed by atoms with E-state index in [0.717, 1.165) is 24.2 Å². The molecule has 0 aliphatic rings. The first-order chi connectivity index (χ1) is 7.09. The molecular weight excluding hydrogens is 201 g/mol. The summed E-state index contributed by atoms with van der Waals surface area (Å²) in [7, 11) is 0.232. The van der Waals surface area contributed by atoms with Crippen molar-refractivity contribution in [3.05, 3.63) is 0 Å². The van der Waals surface area contributed by atoms with Crippen molar-refractivity contribution >= 4 is 7.92 Å². The van der Waals surface area contributed by atoms with Crippen molar-refractivity contribution in [2.24, 2.45) is 0 Å². The van der Waals surface area contributed by atoms with Gasteiger partial charge in [-0.3, -0.25) is 0 Å². The summed E-state index contributed by atoms with van der Waals surface area (Å²) in [5, 5.41) is 8.41. The Hall–Kier alpha value is -0.0800. The molecule has 0 amide bonds. The van der Waals surface area contributed by atoms with Crippen LogP contribution >= 0.6 is 7.92 Å². The van der Waals surface area contributed by atoms with Gasteiger partial charge >= 0.3 is 0 Å². The topological polar surface area (TPSA) is 23.8 Å². The normalized spacial score (nSPS) is 11.3. The zero-order valence-corrected chi connectivity index (χ0v) is 11.7. The lowest BCUT2D eigenvalue weighted by Crippen LogP contribution is -2.06. The van der Waals surface area contributed by atoms with Crippen LogP contribution in [0, 0.1) is 11.3 Å². The van der Waals surface area contributed by atoms with Gasteiger partial charge in [0, 0.05) is 6.42 Å². The molecule has 0 unspecified atom stereocenters. The highest BCUT2D eigenvalue weighted by molar-refractivity contribution is 7.59. The molecule has 15 heavy (non-hydrogen) atoms. The van der Waals surface area contributed by atoms with Crippen LogP contribution in [0.15, 0.2) is 0 Å². The van der Waals surface area contributed by atoms with Gasteiger partial charge in [0.15, 0.2) is 0 Å². The fourth-order valence-electron chi connectivity index (χ4n) is 1.96. The third-order valence-corrected chi connectivity index (χ3v) is 6.27. The average Bonchev–Trinajstić information content (AvgIpc) is 2.15. The van der Waals surface area contributed by atoms with Gasteiger partial charge in [0.1, 0.15) is 0 Å². The van der Waals surface area contributed by atoms with Gasteiger partial charge in [0.2, 0.25) is 0 Å². The molecular formula is C13H26NP. The SMILES string of the molecule is CC(C)P(CCCCCCC#N)C(C)C. The van der Waals surface area contributed by atoms with Crippen molar-refractivity contribution in [3.8, 4) is 6.07 Å². The van der Waals surface area contributed by atoms with E-state index in [4.69, 9.17) is 5.26 Å². The highest BCUT2D eigenvalue weighted by Gasteiger charge is 2.15. The van der Waals surface area contributed by atoms with Crippen LogP contribution in [0.25, 0.3) is 0 Å². The van der Waals surface area contributed by atoms with Gasteiger partial charge in [0.25, 0.3) is 0 Å². The summed E-state index contributed by atoms with van der Waals surface area (Å²) >= 11 is 0. The summed E-state index contributed by atoms with van der Waals surface area (Å²) in [4.78, 5) is 0. The fourth-order valence-corrected chi connectivity index (χ4v) is 4.78. The van der Waals surface area contributed by atoms with E-state index in [1.807, 2.05) is 0 Å². The van der Waals surface area contributed by atoms with Crippen LogP contribution in [-0.2, 0) is 0 Å². The van der Waals surface area contributed by atoms with E-state index in [1.165, 1.54) is 25.4 Å². The molecule has 0 bridgehead atoms. The van der Waals surface area contributed by atoms with Gasteiger partial charge in [-0.15, -0.1) is 7.92 Å². The molecule has 0 aromatic rings. The van der Waals surface area contributed by atoms with Crippen molar-refractivity contribution in [2.45, 2.75) is 71.1 Å². The van der Waals surface area contributed by atoms with Gasteiger partial charge in [-0.1, -0.05) is 40.5 Å². The van der Waals surface area contributed by atoms with Gasteiger partial charge in [-0.2, -0.15) is 5.26 Å². The molecule has 1 nitrogen and oxygen atoms in total. The van der Waals surface area contributed by atoms with E-state index >= 15 is 0 Å². The van der Waals surface area contributed by atoms with Gasteiger partial charge in [-0.25, -0.2) is 0 Å². The smallest absolute Gasteiger partial charge is 0.0621 e. The Labute approximate surface area is 97.0 Å². The van der Waals surface area contributed by atoms with Crippen molar-refractivity contribution in [1.29, 1.82) is 5.26 Å². The van der Waals surface area contributed by atoms with E-state index in [0.29, 0.717) is 0 Å². The average molecular weight is 227 g/mol. The second-order valence-corrected chi connectivity index (χ2v) is 8.29. The summed E-state index contributed by atoms with van der Waals surface area (Å²) < 4.78 is 0. The lowest BCUT2D eigenvalue weighted by atomic mass is 10.2. The van der Waals surface area contributed by atoms with Crippen molar-refractivity contribution in [2.75, 3.05) is 6.16 Å². The molecule has 0 rings (SSSR count). The second-order valence-electron chi connectivity index (χ2n) is 4.75. The second kappa shape index (κ2) is 9.17. The zero-order valence-electron chi connectivity index (χ0n) is 10.8. The lowest BCUT2D eigenvalue weighted by molar-refractivity contribution is 0.678. The van der Waals surface area contributed by atoms with Gasteiger partial charge in [-0.05, 0) is 30.3 Å². The predicted molar refractivity (Wildman–Crippen MR) is 70.8 cm³/mol. The third kappa shape index (κ3) is 7.80. The number of hydrogen-bond acceptors (Lipinski definition) is 1. The number of nitrogens with zero attached hydrogens (tertiary/aromatic N) is 1. The minimum atomic E-state index is 0.232. The molecule has 0 aliphatic carbocycles. The van der Waals surface area contributed by atoms with E-state index in [9.17, 15) is 0 Å². The number of unbranched alkanes of at least 4 members (excludes halogenated alkanes) is 4. The Bertz CT molecular complexity index is 173. The molecule has 0 N–H and O–H groups in total. The maximum Gasteiger partial charge on any atom is 0.0621 e. The maximum atomic E-state index is 8.41. The highest BCUT2D eigenvalue weighted by Crippen LogP contribution is 2.46. The summed E-state index contributed by atoms with van der Waals surface area (Å²) in [6.07, 6.45) is 7.19. The van der Waals surface area contributed by atoms with Crippen molar-refractivity contribution < 1.29 is 0 Å². The monoisotopic (exact) mass is 227 g/mol. The first kappa shape index (κ1) is 14.9. The van der Waals surface area contributed by atoms with E-state index in [2.05, 4.69) is 33.8 Å².